The van der Waals surface area contributed by atoms with Crippen LogP contribution < -0.4 is 0 Å². The van der Waals surface area contributed by atoms with Gasteiger partial charge >= 0.3 is 0 Å². The largest absolute Gasteiger partial charge is 0.378 e. The first-order valence-electron chi connectivity index (χ1n) is 6.77. The van der Waals surface area contributed by atoms with E-state index in [1.165, 1.54) is 0 Å². The van der Waals surface area contributed by atoms with Crippen LogP contribution in [-0.4, -0.2) is 61.6 Å². The Kier molecular flexibility index (Phi) is 5.92. The van der Waals surface area contributed by atoms with Crippen molar-refractivity contribution in [2.24, 2.45) is 5.92 Å². The Morgan fingerprint density at radius 2 is 1.76 bits per heavy atom. The minimum Gasteiger partial charge on any atom is -0.378 e. The van der Waals surface area contributed by atoms with Gasteiger partial charge in [0, 0.05) is 13.1 Å². The fourth-order valence-electron chi connectivity index (χ4n) is 2.54. The van der Waals surface area contributed by atoms with Gasteiger partial charge in [-0.2, -0.15) is 0 Å². The van der Waals surface area contributed by atoms with Crippen molar-refractivity contribution in [3.8, 4) is 0 Å². The fraction of sp³-hybridized carbons (Fsp3) is 0.923. The van der Waals surface area contributed by atoms with Crippen LogP contribution in [0.2, 0.25) is 0 Å². The molecule has 2 rings (SSSR count). The predicted molar refractivity (Wildman–Crippen MR) is 68.9 cm³/mol. The molecule has 0 aromatic heterocycles. The highest BCUT2D eigenvalue weighted by atomic mass is 16.5. The molecular weight excluding hydrogens is 216 g/mol. The third-order valence-corrected chi connectivity index (χ3v) is 3.53. The zero-order chi connectivity index (χ0) is 12.8. The lowest BCUT2D eigenvalue weighted by Gasteiger charge is -2.32. The summed E-state index contributed by atoms with van der Waals surface area (Å²) in [4.78, 5) is 16.4. The van der Waals surface area contributed by atoms with Crippen molar-refractivity contribution < 1.29 is 9.53 Å². The number of carbonyl (C=O) groups excluding carboxylic acids is 1. The minimum atomic E-state index is 0.100. The van der Waals surface area contributed by atoms with Gasteiger partial charge in [-0.15, -0.1) is 0 Å². The normalized spacial score (nSPS) is 29.8. The number of hydrogen-bond donors (Lipinski definition) is 0. The lowest BCUT2D eigenvalue weighted by molar-refractivity contribution is -0.140. The monoisotopic (exact) mass is 242 g/mol. The Balaban J connectivity index is 0.000000686. The zero-order valence-electron chi connectivity index (χ0n) is 11.6. The summed E-state index contributed by atoms with van der Waals surface area (Å²) in [5.74, 6) is 0.788. The van der Waals surface area contributed by atoms with Gasteiger partial charge in [-0.3, -0.25) is 9.69 Å². The standard InChI is InChI=1S/C11H20N2O2.C2H6/c1-9-3-4-12(2)10(9)11(14)13-5-7-15-8-6-13;1-2/h9-10H,3-8H2,1-2H3;1-2H3/t9?,10-;/m0./s1. The number of rotatable bonds is 1. The highest BCUT2D eigenvalue weighted by Crippen LogP contribution is 2.24. The van der Waals surface area contributed by atoms with Gasteiger partial charge < -0.3 is 9.64 Å². The number of morpholine rings is 1. The average Bonchev–Trinajstić information content (AvgIpc) is 2.72. The molecule has 2 aliphatic heterocycles. The van der Waals surface area contributed by atoms with E-state index in [1.54, 1.807) is 0 Å². The molecule has 0 spiro atoms. The summed E-state index contributed by atoms with van der Waals surface area (Å²) < 4.78 is 5.26. The molecule has 2 atom stereocenters. The Bertz CT molecular complexity index is 230. The lowest BCUT2D eigenvalue weighted by Crippen LogP contribution is -2.50. The Morgan fingerprint density at radius 1 is 1.18 bits per heavy atom. The van der Waals surface area contributed by atoms with Crippen LogP contribution >= 0.6 is 0 Å². The molecule has 0 saturated carbocycles. The van der Waals surface area contributed by atoms with Gasteiger partial charge in [-0.05, 0) is 25.9 Å². The molecule has 17 heavy (non-hydrogen) atoms. The first-order valence-corrected chi connectivity index (χ1v) is 6.77. The van der Waals surface area contributed by atoms with Gasteiger partial charge in [0.05, 0.1) is 19.3 Å². The summed E-state index contributed by atoms with van der Waals surface area (Å²) >= 11 is 0. The summed E-state index contributed by atoms with van der Waals surface area (Å²) in [7, 11) is 2.05. The SMILES string of the molecule is CC.CC1CCN(C)[C@@H]1C(=O)N1CCOCC1. The number of likely N-dealkylation sites (tertiary alicyclic amines) is 1. The molecule has 1 unspecified atom stereocenters. The van der Waals surface area contributed by atoms with Crippen molar-refractivity contribution in [3.05, 3.63) is 0 Å². The van der Waals surface area contributed by atoms with Crippen LogP contribution in [0.4, 0.5) is 0 Å². The van der Waals surface area contributed by atoms with Crippen molar-refractivity contribution in [3.63, 3.8) is 0 Å². The number of amides is 1. The van der Waals surface area contributed by atoms with Crippen LogP contribution in [0.25, 0.3) is 0 Å². The Hall–Kier alpha value is -0.610. The van der Waals surface area contributed by atoms with E-state index in [2.05, 4.69) is 11.8 Å². The highest BCUT2D eigenvalue weighted by molar-refractivity contribution is 5.82. The summed E-state index contributed by atoms with van der Waals surface area (Å²) in [5, 5.41) is 0. The molecule has 0 aromatic rings. The number of ether oxygens (including phenoxy) is 1. The van der Waals surface area contributed by atoms with Gasteiger partial charge in [0.2, 0.25) is 5.91 Å². The maximum absolute atomic E-state index is 12.2. The van der Waals surface area contributed by atoms with Crippen LogP contribution in [0.1, 0.15) is 27.2 Å². The van der Waals surface area contributed by atoms with E-state index < -0.39 is 0 Å². The van der Waals surface area contributed by atoms with E-state index in [1.807, 2.05) is 25.8 Å². The van der Waals surface area contributed by atoms with Crippen LogP contribution in [0, 0.1) is 5.92 Å². The van der Waals surface area contributed by atoms with Gasteiger partial charge in [0.25, 0.3) is 0 Å². The first kappa shape index (κ1) is 14.5. The lowest BCUT2D eigenvalue weighted by atomic mass is 10.0. The molecule has 0 bridgehead atoms. The first-order chi connectivity index (χ1) is 8.20. The maximum Gasteiger partial charge on any atom is 0.240 e. The van der Waals surface area contributed by atoms with Crippen molar-refractivity contribution in [1.29, 1.82) is 0 Å². The summed E-state index contributed by atoms with van der Waals surface area (Å²) in [6.07, 6.45) is 1.14. The predicted octanol–water partition coefficient (Wildman–Crippen LogP) is 1.21. The number of hydrogen-bond acceptors (Lipinski definition) is 3. The minimum absolute atomic E-state index is 0.100. The van der Waals surface area contributed by atoms with Gasteiger partial charge in [-0.25, -0.2) is 0 Å². The molecule has 2 heterocycles. The Labute approximate surface area is 105 Å². The third-order valence-electron chi connectivity index (χ3n) is 3.53. The van der Waals surface area contributed by atoms with Crippen LogP contribution in [0.3, 0.4) is 0 Å². The molecule has 4 nitrogen and oxygen atoms in total. The molecule has 1 amide bonds. The van der Waals surface area contributed by atoms with E-state index in [-0.39, 0.29) is 6.04 Å². The number of likely N-dealkylation sites (N-methyl/N-ethyl adjacent to an activating group) is 1. The molecule has 0 aliphatic carbocycles. The molecule has 2 saturated heterocycles. The van der Waals surface area contributed by atoms with Crippen molar-refractivity contribution in [1.82, 2.24) is 9.80 Å². The molecule has 100 valence electrons. The van der Waals surface area contributed by atoms with Gasteiger partial charge in [0.1, 0.15) is 0 Å². The Morgan fingerprint density at radius 3 is 2.24 bits per heavy atom. The van der Waals surface area contributed by atoms with Crippen molar-refractivity contribution in [2.75, 3.05) is 39.9 Å². The van der Waals surface area contributed by atoms with Crippen LogP contribution in [0.5, 0.6) is 0 Å². The molecule has 0 radical (unpaired) electrons. The second kappa shape index (κ2) is 6.97. The second-order valence-electron chi connectivity index (χ2n) is 4.63. The molecular formula is C13H26N2O2. The van der Waals surface area contributed by atoms with E-state index >= 15 is 0 Å². The van der Waals surface area contributed by atoms with Crippen LogP contribution in [0.15, 0.2) is 0 Å². The molecule has 2 aliphatic rings. The molecule has 4 heteroatoms. The van der Waals surface area contributed by atoms with E-state index in [4.69, 9.17) is 4.74 Å². The van der Waals surface area contributed by atoms with E-state index in [9.17, 15) is 4.79 Å². The van der Waals surface area contributed by atoms with Gasteiger partial charge in [0.15, 0.2) is 0 Å². The highest BCUT2D eigenvalue weighted by Gasteiger charge is 2.37. The van der Waals surface area contributed by atoms with E-state index in [0.717, 1.165) is 26.1 Å². The van der Waals surface area contributed by atoms with Gasteiger partial charge in [-0.1, -0.05) is 20.8 Å². The second-order valence-corrected chi connectivity index (χ2v) is 4.63. The summed E-state index contributed by atoms with van der Waals surface area (Å²) in [5.41, 5.74) is 0. The van der Waals surface area contributed by atoms with E-state index in [0.29, 0.717) is 25.0 Å². The maximum atomic E-state index is 12.2. The third kappa shape index (κ3) is 3.42. The molecule has 0 N–H and O–H groups in total. The topological polar surface area (TPSA) is 32.8 Å². The average molecular weight is 242 g/mol. The van der Waals surface area contributed by atoms with Crippen molar-refractivity contribution >= 4 is 5.91 Å². The van der Waals surface area contributed by atoms with Crippen LogP contribution in [-0.2, 0) is 9.53 Å². The number of carbonyl (C=O) groups is 1. The molecule has 0 aromatic carbocycles. The van der Waals surface area contributed by atoms with Crippen molar-refractivity contribution in [2.45, 2.75) is 33.2 Å². The fourth-order valence-corrected chi connectivity index (χ4v) is 2.54. The zero-order valence-corrected chi connectivity index (χ0v) is 11.6. The summed E-state index contributed by atoms with van der Waals surface area (Å²) in [6.45, 7) is 10.1. The smallest absolute Gasteiger partial charge is 0.240 e. The molecule has 2 fully saturated rings. The number of nitrogens with zero attached hydrogens (tertiary/aromatic N) is 2. The quantitative estimate of drug-likeness (QED) is 0.693. The summed E-state index contributed by atoms with van der Waals surface area (Å²) in [6, 6.07) is 0.100.